The zero-order valence-corrected chi connectivity index (χ0v) is 18.2. The van der Waals surface area contributed by atoms with Crippen molar-refractivity contribution in [3.63, 3.8) is 0 Å². The highest BCUT2D eigenvalue weighted by Crippen LogP contribution is 2.22. The van der Waals surface area contributed by atoms with Crippen molar-refractivity contribution in [3.05, 3.63) is 0 Å². The summed E-state index contributed by atoms with van der Waals surface area (Å²) in [6.45, 7) is 1.20. The van der Waals surface area contributed by atoms with Gasteiger partial charge in [-0.2, -0.15) is 0 Å². The van der Waals surface area contributed by atoms with Crippen LogP contribution in [0.2, 0.25) is 0 Å². The van der Waals surface area contributed by atoms with Gasteiger partial charge in [-0.05, 0) is 6.42 Å². The molecule has 0 spiro atoms. The quantitative estimate of drug-likeness (QED) is 0.227. The van der Waals surface area contributed by atoms with Crippen LogP contribution in [0.3, 0.4) is 0 Å². The van der Waals surface area contributed by atoms with Crippen molar-refractivity contribution in [2.45, 2.75) is 25.6 Å². The number of carbonyl (C=O) groups excluding carboxylic acids is 4. The molecule has 0 aliphatic rings. The Balaban J connectivity index is 5.85. The molecule has 4 atom stereocenters. The second kappa shape index (κ2) is 10.2. The third-order valence-corrected chi connectivity index (χ3v) is 4.46. The second-order valence-corrected chi connectivity index (χ2v) is 9.44. The Hall–Kier alpha value is -1.88. The lowest BCUT2D eigenvalue weighted by atomic mass is 9.79. The number of carbonyl (C=O) groups is 4. The van der Waals surface area contributed by atoms with Gasteiger partial charge in [0.25, 0.3) is 0 Å². The predicted molar refractivity (Wildman–Crippen MR) is 98.6 cm³/mol. The van der Waals surface area contributed by atoms with Gasteiger partial charge in [-0.25, -0.2) is 0 Å². The minimum atomic E-state index is -2.00. The van der Waals surface area contributed by atoms with Crippen molar-refractivity contribution in [1.82, 2.24) is 0 Å². The Bertz CT molecular complexity index is 569. The Labute approximate surface area is 171 Å². The van der Waals surface area contributed by atoms with Gasteiger partial charge in [-0.15, -0.1) is 0 Å². The predicted octanol–water partition coefficient (Wildman–Crippen LogP) is -3.98. The molecule has 2 N–H and O–H groups in total. The molecule has 10 heteroatoms. The molecule has 0 aromatic rings. The highest BCUT2D eigenvalue weighted by Gasteiger charge is 2.42. The Morgan fingerprint density at radius 2 is 1.00 bits per heavy atom. The summed E-state index contributed by atoms with van der Waals surface area (Å²) >= 11 is 0. The van der Waals surface area contributed by atoms with Crippen LogP contribution in [0, 0.1) is 17.8 Å². The van der Waals surface area contributed by atoms with Crippen LogP contribution in [0.15, 0.2) is 0 Å². The number of rotatable bonds is 13. The average molecular weight is 418 g/mol. The highest BCUT2D eigenvalue weighted by molar-refractivity contribution is 6.14. The third kappa shape index (κ3) is 8.57. The molecule has 0 heterocycles. The van der Waals surface area contributed by atoms with Crippen molar-refractivity contribution in [2.75, 3.05) is 55.4 Å². The number of aliphatic hydroxyl groups is 2. The number of Topliss-reactive ketones (excluding diaryl/α,β-unsaturated/α-hetero) is 2. The summed E-state index contributed by atoms with van der Waals surface area (Å²) in [5.41, 5.74) is 0. The van der Waals surface area contributed by atoms with Crippen molar-refractivity contribution in [2.24, 2.45) is 17.8 Å². The van der Waals surface area contributed by atoms with Crippen LogP contribution >= 0.6 is 0 Å². The molecule has 0 aromatic carbocycles. The molecule has 0 rings (SSSR count). The fourth-order valence-electron chi connectivity index (χ4n) is 3.23. The van der Waals surface area contributed by atoms with Gasteiger partial charge in [0, 0.05) is 0 Å². The van der Waals surface area contributed by atoms with Crippen molar-refractivity contribution < 1.29 is 48.6 Å². The lowest BCUT2D eigenvalue weighted by Gasteiger charge is -2.34. The van der Waals surface area contributed by atoms with E-state index in [4.69, 9.17) is 0 Å². The average Bonchev–Trinajstić information content (AvgIpc) is 2.42. The van der Waals surface area contributed by atoms with Crippen LogP contribution in [0.1, 0.15) is 13.3 Å². The van der Waals surface area contributed by atoms with Gasteiger partial charge in [0.15, 0.2) is 11.6 Å². The molecule has 0 amide bonds. The van der Waals surface area contributed by atoms with E-state index in [1.54, 1.807) is 42.3 Å². The lowest BCUT2D eigenvalue weighted by Crippen LogP contribution is -2.56. The maximum Gasteiger partial charge on any atom is 0.154 e. The zero-order chi connectivity index (χ0) is 23.3. The number of aliphatic carboxylic acids is 2. The van der Waals surface area contributed by atoms with Crippen LogP contribution in [-0.4, -0.2) is 110 Å². The van der Waals surface area contributed by atoms with E-state index in [0.717, 1.165) is 0 Å². The molecule has 0 saturated heterocycles. The zero-order valence-electron chi connectivity index (χ0n) is 18.2. The molecule has 0 aliphatic carbocycles. The standard InChI is InChI=1S/C19H34N2O8/c1-8-11(16(24)14(18(26)27)12(22)9-20(2,3)4)17(25)15(19(28)29)13(23)10-21(5,6)7/h11-15,22-23H,8-10H2,1-7H3. The number of hydrogen-bond acceptors (Lipinski definition) is 8. The first-order chi connectivity index (χ1) is 12.9. The Morgan fingerprint density at radius 1 is 0.724 bits per heavy atom. The van der Waals surface area contributed by atoms with Gasteiger partial charge in [0.05, 0.1) is 72.0 Å². The molecule has 0 aliphatic heterocycles. The van der Waals surface area contributed by atoms with Gasteiger partial charge in [-0.3, -0.25) is 9.59 Å². The van der Waals surface area contributed by atoms with Crippen LogP contribution in [0.4, 0.5) is 0 Å². The van der Waals surface area contributed by atoms with Crippen molar-refractivity contribution in [1.29, 1.82) is 0 Å². The summed E-state index contributed by atoms with van der Waals surface area (Å²) < 4.78 is 0.291. The molecule has 0 saturated carbocycles. The number of aliphatic hydroxyl groups excluding tert-OH is 2. The van der Waals surface area contributed by atoms with E-state index in [0.29, 0.717) is 0 Å². The van der Waals surface area contributed by atoms with E-state index in [1.165, 1.54) is 6.92 Å². The highest BCUT2D eigenvalue weighted by atomic mass is 16.4. The Morgan fingerprint density at radius 3 is 1.17 bits per heavy atom. The third-order valence-electron chi connectivity index (χ3n) is 4.46. The van der Waals surface area contributed by atoms with Crippen molar-refractivity contribution in [3.8, 4) is 0 Å². The second-order valence-electron chi connectivity index (χ2n) is 9.44. The van der Waals surface area contributed by atoms with E-state index in [9.17, 15) is 39.6 Å². The van der Waals surface area contributed by atoms with Gasteiger partial charge < -0.3 is 39.0 Å². The first-order valence-corrected chi connectivity index (χ1v) is 9.39. The number of ketones is 2. The molecule has 4 unspecified atom stereocenters. The molecule has 168 valence electrons. The summed E-state index contributed by atoms with van der Waals surface area (Å²) in [6, 6.07) is 0. The minimum Gasteiger partial charge on any atom is -0.549 e. The summed E-state index contributed by atoms with van der Waals surface area (Å²) in [5, 5.41) is 43.6. The van der Waals surface area contributed by atoms with E-state index >= 15 is 0 Å². The van der Waals surface area contributed by atoms with Crippen LogP contribution in [0.5, 0.6) is 0 Å². The summed E-state index contributed by atoms with van der Waals surface area (Å²) in [5.74, 6) is -11.6. The van der Waals surface area contributed by atoms with Gasteiger partial charge in [-0.1, -0.05) is 6.92 Å². The topological polar surface area (TPSA) is 155 Å². The fourth-order valence-corrected chi connectivity index (χ4v) is 3.23. The van der Waals surface area contributed by atoms with E-state index in [2.05, 4.69) is 0 Å². The van der Waals surface area contributed by atoms with Crippen molar-refractivity contribution >= 4 is 23.5 Å². The molecule has 0 aromatic heterocycles. The first kappa shape index (κ1) is 27.1. The number of carboxylic acids is 2. The summed E-state index contributed by atoms with van der Waals surface area (Å²) in [4.78, 5) is 48.7. The molecule has 0 fully saturated rings. The number of carboxylic acid groups (broad SMARTS) is 2. The van der Waals surface area contributed by atoms with Crippen LogP contribution in [-0.2, 0) is 19.2 Å². The maximum absolute atomic E-state index is 12.8. The van der Waals surface area contributed by atoms with E-state index < -0.39 is 53.5 Å². The van der Waals surface area contributed by atoms with Crippen LogP contribution in [0.25, 0.3) is 0 Å². The van der Waals surface area contributed by atoms with Crippen LogP contribution < -0.4 is 10.2 Å². The maximum atomic E-state index is 12.8. The molecular weight excluding hydrogens is 384 g/mol. The van der Waals surface area contributed by atoms with Gasteiger partial charge in [0.2, 0.25) is 0 Å². The lowest BCUT2D eigenvalue weighted by molar-refractivity contribution is -0.873. The molecule has 29 heavy (non-hydrogen) atoms. The number of likely N-dealkylation sites (N-methyl/N-ethyl adjacent to an activating group) is 2. The van der Waals surface area contributed by atoms with Gasteiger partial charge >= 0.3 is 0 Å². The molecule has 0 radical (unpaired) electrons. The Kier molecular flexibility index (Phi) is 9.58. The monoisotopic (exact) mass is 418 g/mol. The van der Waals surface area contributed by atoms with E-state index in [1.807, 2.05) is 0 Å². The fraction of sp³-hybridized carbons (Fsp3) is 0.789. The molecule has 10 nitrogen and oxygen atoms in total. The smallest absolute Gasteiger partial charge is 0.154 e. The summed E-state index contributed by atoms with van der Waals surface area (Å²) in [7, 11) is 10.1. The first-order valence-electron chi connectivity index (χ1n) is 9.39. The molecular formula is C19H34N2O8. The normalized spacial score (nSPS) is 17.7. The number of hydrogen-bond donors (Lipinski definition) is 2. The van der Waals surface area contributed by atoms with Gasteiger partial charge in [0.1, 0.15) is 25.3 Å². The SMILES string of the molecule is CCC(C(=O)C(C(=O)[O-])C(O)C[N+](C)(C)C)C(=O)C(C(=O)[O-])C(O)C[N+](C)(C)C. The summed E-state index contributed by atoms with van der Waals surface area (Å²) in [6.07, 6.45) is -3.46. The van der Waals surface area contributed by atoms with E-state index in [-0.39, 0.29) is 28.5 Å². The number of quaternary nitrogens is 2. The number of nitrogens with zero attached hydrogens (tertiary/aromatic N) is 2. The minimum absolute atomic E-state index is 0.108. The molecule has 0 bridgehead atoms. The largest absolute Gasteiger partial charge is 0.549 e.